The molecule has 2 unspecified atom stereocenters. The number of nitrogens with zero attached hydrogens (tertiary/aromatic N) is 1. The highest BCUT2D eigenvalue weighted by molar-refractivity contribution is 7.99. The Morgan fingerprint density at radius 3 is 3.11 bits per heavy atom. The van der Waals surface area contributed by atoms with Crippen molar-refractivity contribution in [1.29, 1.82) is 0 Å². The van der Waals surface area contributed by atoms with E-state index in [-0.39, 0.29) is 23.4 Å². The highest BCUT2D eigenvalue weighted by Crippen LogP contribution is 2.27. The van der Waals surface area contributed by atoms with Crippen molar-refractivity contribution in [3.05, 3.63) is 24.0 Å². The smallest absolute Gasteiger partial charge is 0.273 e. The Labute approximate surface area is 111 Å². The number of amides is 1. The molecule has 2 atom stereocenters. The molecule has 0 aliphatic heterocycles. The third-order valence-corrected chi connectivity index (χ3v) is 4.39. The summed E-state index contributed by atoms with van der Waals surface area (Å²) < 4.78 is 0. The number of hydrogen-bond donors (Lipinski definition) is 2. The van der Waals surface area contributed by atoms with Gasteiger partial charge in [-0.25, -0.2) is 4.98 Å². The standard InChI is InChI=1S/C13H18N2O2S/c1-18-10-5-2-4-9(8-10)15-13(17)12-11(16)6-3-7-14-12/h3,6-7,9-10,16H,2,4-5,8H2,1H3,(H,15,17). The lowest BCUT2D eigenvalue weighted by Crippen LogP contribution is -2.39. The van der Waals surface area contributed by atoms with Gasteiger partial charge in [-0.1, -0.05) is 6.42 Å². The fourth-order valence-electron chi connectivity index (χ4n) is 2.32. The zero-order chi connectivity index (χ0) is 13.0. The third kappa shape index (κ3) is 3.16. The van der Waals surface area contributed by atoms with Crippen LogP contribution in [0.25, 0.3) is 0 Å². The molecule has 1 aliphatic carbocycles. The van der Waals surface area contributed by atoms with Gasteiger partial charge in [-0.2, -0.15) is 11.8 Å². The Kier molecular flexibility index (Phi) is 4.47. The molecule has 0 spiro atoms. The quantitative estimate of drug-likeness (QED) is 0.880. The van der Waals surface area contributed by atoms with E-state index in [2.05, 4.69) is 16.6 Å². The molecule has 1 heterocycles. The van der Waals surface area contributed by atoms with Crippen molar-refractivity contribution in [2.45, 2.75) is 37.0 Å². The van der Waals surface area contributed by atoms with Crippen LogP contribution < -0.4 is 5.32 Å². The van der Waals surface area contributed by atoms with Crippen LogP contribution in [0.15, 0.2) is 18.3 Å². The van der Waals surface area contributed by atoms with Crippen molar-refractivity contribution in [2.75, 3.05) is 6.26 Å². The molecule has 18 heavy (non-hydrogen) atoms. The number of carbonyl (C=O) groups is 1. The summed E-state index contributed by atoms with van der Waals surface area (Å²) in [7, 11) is 0. The molecular formula is C13H18N2O2S. The summed E-state index contributed by atoms with van der Waals surface area (Å²) in [5.74, 6) is -0.341. The maximum Gasteiger partial charge on any atom is 0.273 e. The predicted molar refractivity (Wildman–Crippen MR) is 72.9 cm³/mol. The van der Waals surface area contributed by atoms with Gasteiger partial charge >= 0.3 is 0 Å². The molecule has 1 fully saturated rings. The summed E-state index contributed by atoms with van der Waals surface area (Å²) in [6.07, 6.45) is 8.00. The van der Waals surface area contributed by atoms with E-state index in [1.165, 1.54) is 18.7 Å². The monoisotopic (exact) mass is 266 g/mol. The van der Waals surface area contributed by atoms with E-state index in [1.807, 2.05) is 11.8 Å². The SMILES string of the molecule is CSC1CCCC(NC(=O)c2ncccc2O)C1. The molecular weight excluding hydrogens is 248 g/mol. The molecule has 5 heteroatoms. The van der Waals surface area contributed by atoms with Crippen molar-refractivity contribution in [2.24, 2.45) is 0 Å². The number of aromatic hydroxyl groups is 1. The minimum absolute atomic E-state index is 0.0628. The van der Waals surface area contributed by atoms with Gasteiger partial charge in [0.05, 0.1) is 0 Å². The first kappa shape index (κ1) is 13.2. The third-order valence-electron chi connectivity index (χ3n) is 3.30. The molecule has 0 bridgehead atoms. The van der Waals surface area contributed by atoms with Gasteiger partial charge in [0.1, 0.15) is 5.75 Å². The number of rotatable bonds is 3. The first-order valence-electron chi connectivity index (χ1n) is 6.18. The van der Waals surface area contributed by atoms with E-state index in [4.69, 9.17) is 0 Å². The van der Waals surface area contributed by atoms with Crippen molar-refractivity contribution >= 4 is 17.7 Å². The summed E-state index contributed by atoms with van der Waals surface area (Å²) in [4.78, 5) is 15.9. The van der Waals surface area contributed by atoms with Crippen LogP contribution in [0.3, 0.4) is 0 Å². The fourth-order valence-corrected chi connectivity index (χ4v) is 3.14. The van der Waals surface area contributed by atoms with E-state index < -0.39 is 0 Å². The van der Waals surface area contributed by atoms with Crippen LogP contribution in [0.5, 0.6) is 5.75 Å². The molecule has 0 aromatic carbocycles. The van der Waals surface area contributed by atoms with Crippen molar-refractivity contribution in [3.8, 4) is 5.75 Å². The van der Waals surface area contributed by atoms with E-state index in [9.17, 15) is 9.90 Å². The molecule has 1 aromatic rings. The number of hydrogen-bond acceptors (Lipinski definition) is 4. The number of nitrogens with one attached hydrogen (secondary N) is 1. The van der Waals surface area contributed by atoms with Crippen molar-refractivity contribution in [3.63, 3.8) is 0 Å². The Morgan fingerprint density at radius 1 is 1.56 bits per heavy atom. The number of carbonyl (C=O) groups excluding carboxylic acids is 1. The fraction of sp³-hybridized carbons (Fsp3) is 0.538. The molecule has 4 nitrogen and oxygen atoms in total. The van der Waals surface area contributed by atoms with Crippen molar-refractivity contribution in [1.82, 2.24) is 10.3 Å². The van der Waals surface area contributed by atoms with Gasteiger partial charge in [0.15, 0.2) is 5.69 Å². The molecule has 0 radical (unpaired) electrons. The normalized spacial score (nSPS) is 23.6. The first-order valence-corrected chi connectivity index (χ1v) is 7.47. The summed E-state index contributed by atoms with van der Waals surface area (Å²) in [5.41, 5.74) is 0.115. The topological polar surface area (TPSA) is 62.2 Å². The van der Waals surface area contributed by atoms with Crippen LogP contribution in [-0.4, -0.2) is 33.5 Å². The number of pyridine rings is 1. The minimum atomic E-state index is -0.278. The van der Waals surface area contributed by atoms with Crippen LogP contribution in [0, 0.1) is 0 Å². The first-order chi connectivity index (χ1) is 8.70. The maximum atomic E-state index is 12.0. The Bertz CT molecular complexity index is 425. The van der Waals surface area contributed by atoms with Crippen LogP contribution in [0.2, 0.25) is 0 Å². The lowest BCUT2D eigenvalue weighted by Gasteiger charge is -2.28. The van der Waals surface area contributed by atoms with Gasteiger partial charge in [-0.3, -0.25) is 4.79 Å². The van der Waals surface area contributed by atoms with E-state index in [0.29, 0.717) is 5.25 Å². The van der Waals surface area contributed by atoms with E-state index in [0.717, 1.165) is 19.3 Å². The molecule has 2 rings (SSSR count). The van der Waals surface area contributed by atoms with Crippen LogP contribution in [-0.2, 0) is 0 Å². The van der Waals surface area contributed by atoms with Gasteiger partial charge in [0.2, 0.25) is 0 Å². The van der Waals surface area contributed by atoms with Crippen LogP contribution in [0.1, 0.15) is 36.2 Å². The summed E-state index contributed by atoms with van der Waals surface area (Å²) in [5, 5.41) is 13.2. The summed E-state index contributed by atoms with van der Waals surface area (Å²) in [6, 6.07) is 3.29. The molecule has 1 saturated carbocycles. The Morgan fingerprint density at radius 2 is 2.39 bits per heavy atom. The summed E-state index contributed by atoms with van der Waals surface area (Å²) in [6.45, 7) is 0. The number of aromatic nitrogens is 1. The average molecular weight is 266 g/mol. The lowest BCUT2D eigenvalue weighted by molar-refractivity contribution is 0.0920. The van der Waals surface area contributed by atoms with Gasteiger partial charge in [0.25, 0.3) is 5.91 Å². The van der Waals surface area contributed by atoms with Gasteiger partial charge in [-0.15, -0.1) is 0 Å². The highest BCUT2D eigenvalue weighted by atomic mass is 32.2. The zero-order valence-corrected chi connectivity index (χ0v) is 11.2. The van der Waals surface area contributed by atoms with Gasteiger partial charge in [-0.05, 0) is 37.7 Å². The molecule has 98 valence electrons. The van der Waals surface area contributed by atoms with E-state index >= 15 is 0 Å². The molecule has 2 N–H and O–H groups in total. The second kappa shape index (κ2) is 6.09. The van der Waals surface area contributed by atoms with Gasteiger partial charge in [0, 0.05) is 17.5 Å². The largest absolute Gasteiger partial charge is 0.505 e. The zero-order valence-electron chi connectivity index (χ0n) is 10.4. The second-order valence-corrected chi connectivity index (χ2v) is 5.70. The van der Waals surface area contributed by atoms with Crippen LogP contribution in [0.4, 0.5) is 0 Å². The van der Waals surface area contributed by atoms with Crippen molar-refractivity contribution < 1.29 is 9.90 Å². The Hall–Kier alpha value is -1.23. The highest BCUT2D eigenvalue weighted by Gasteiger charge is 2.24. The average Bonchev–Trinajstić information content (AvgIpc) is 2.39. The predicted octanol–water partition coefficient (Wildman–Crippen LogP) is 2.19. The second-order valence-electron chi connectivity index (χ2n) is 4.57. The maximum absolute atomic E-state index is 12.0. The molecule has 1 aliphatic rings. The molecule has 1 aromatic heterocycles. The Balaban J connectivity index is 1.97. The summed E-state index contributed by atoms with van der Waals surface area (Å²) >= 11 is 1.86. The van der Waals surface area contributed by atoms with Gasteiger partial charge < -0.3 is 10.4 Å². The molecule has 0 saturated heterocycles. The lowest BCUT2D eigenvalue weighted by atomic mass is 9.95. The minimum Gasteiger partial charge on any atom is -0.505 e. The van der Waals surface area contributed by atoms with Crippen LogP contribution >= 0.6 is 11.8 Å². The molecule has 1 amide bonds. The number of thioether (sulfide) groups is 1. The van der Waals surface area contributed by atoms with E-state index in [1.54, 1.807) is 6.07 Å².